The monoisotopic (exact) mass is 265 g/mol. The molecule has 1 fully saturated rings. The van der Waals surface area contributed by atoms with Crippen LogP contribution in [-0.2, 0) is 11.3 Å². The summed E-state index contributed by atoms with van der Waals surface area (Å²) in [6, 6.07) is 7.92. The summed E-state index contributed by atoms with van der Waals surface area (Å²) >= 11 is 5.97. The minimum atomic E-state index is 0.239. The molecule has 0 amide bonds. The first-order chi connectivity index (χ1) is 8.65. The van der Waals surface area contributed by atoms with Gasteiger partial charge in [0.2, 0.25) is 0 Å². The lowest BCUT2D eigenvalue weighted by atomic mass is 9.87. The van der Waals surface area contributed by atoms with Crippen LogP contribution in [0.2, 0.25) is 5.02 Å². The molecule has 1 saturated carbocycles. The molecule has 1 aliphatic rings. The largest absolute Gasteiger partial charge is 0.301 e. The van der Waals surface area contributed by atoms with Crippen LogP contribution in [0, 0.1) is 5.92 Å². The first-order valence-electron chi connectivity index (χ1n) is 6.61. The summed E-state index contributed by atoms with van der Waals surface area (Å²) in [5.74, 6) is 0.683. The molecule has 1 unspecified atom stereocenters. The predicted molar refractivity (Wildman–Crippen MR) is 74.8 cm³/mol. The molecule has 0 N–H and O–H groups in total. The lowest BCUT2D eigenvalue weighted by Crippen LogP contribution is -2.32. The number of Topliss-reactive ketones (excluding diaryl/α,β-unsaturated/α-hetero) is 1. The molecule has 2 rings (SSSR count). The zero-order valence-corrected chi connectivity index (χ0v) is 11.6. The Labute approximate surface area is 114 Å². The first kappa shape index (κ1) is 13.6. The lowest BCUT2D eigenvalue weighted by Gasteiger charge is -2.26. The summed E-state index contributed by atoms with van der Waals surface area (Å²) in [5.41, 5.74) is 1.20. The average molecular weight is 266 g/mol. The quantitative estimate of drug-likeness (QED) is 0.830. The van der Waals surface area contributed by atoms with E-state index < -0.39 is 0 Å². The minimum absolute atomic E-state index is 0.239. The molecule has 18 heavy (non-hydrogen) atoms. The van der Waals surface area contributed by atoms with E-state index in [0.717, 1.165) is 37.4 Å². The zero-order valence-electron chi connectivity index (χ0n) is 10.9. The van der Waals surface area contributed by atoms with Gasteiger partial charge in [0.1, 0.15) is 5.78 Å². The van der Waals surface area contributed by atoms with E-state index in [0.29, 0.717) is 5.78 Å². The number of rotatable bonds is 4. The van der Waals surface area contributed by atoms with Crippen LogP contribution in [0.4, 0.5) is 0 Å². The van der Waals surface area contributed by atoms with E-state index in [1.165, 1.54) is 12.0 Å². The lowest BCUT2D eigenvalue weighted by molar-refractivity contribution is -0.125. The molecule has 98 valence electrons. The molecule has 0 heterocycles. The predicted octanol–water partition coefficient (Wildman–Crippen LogP) is 3.53. The van der Waals surface area contributed by atoms with Crippen molar-refractivity contribution >= 4 is 17.4 Å². The van der Waals surface area contributed by atoms with E-state index in [1.54, 1.807) is 0 Å². The van der Waals surface area contributed by atoms with E-state index in [1.807, 2.05) is 18.2 Å². The van der Waals surface area contributed by atoms with E-state index in [2.05, 4.69) is 18.0 Å². The van der Waals surface area contributed by atoms with Gasteiger partial charge in [-0.3, -0.25) is 4.79 Å². The smallest absolute Gasteiger partial charge is 0.137 e. The van der Waals surface area contributed by atoms with Crippen LogP contribution in [0.1, 0.15) is 31.2 Å². The third kappa shape index (κ3) is 3.82. The Kier molecular flexibility index (Phi) is 4.79. The highest BCUT2D eigenvalue weighted by atomic mass is 35.5. The highest BCUT2D eigenvalue weighted by Gasteiger charge is 2.23. The van der Waals surface area contributed by atoms with Crippen LogP contribution in [0.15, 0.2) is 24.3 Å². The number of nitrogens with zero attached hydrogens (tertiary/aromatic N) is 1. The molecule has 0 spiro atoms. The number of carbonyl (C=O) groups is 1. The fourth-order valence-corrected chi connectivity index (χ4v) is 2.85. The van der Waals surface area contributed by atoms with Crippen LogP contribution in [0.25, 0.3) is 0 Å². The number of carbonyl (C=O) groups excluding carboxylic acids is 1. The molecule has 1 aromatic carbocycles. The normalized spacial score (nSPS) is 20.4. The van der Waals surface area contributed by atoms with Crippen molar-refractivity contribution in [3.8, 4) is 0 Å². The highest BCUT2D eigenvalue weighted by Crippen LogP contribution is 2.22. The Morgan fingerprint density at radius 2 is 2.22 bits per heavy atom. The molecule has 0 saturated heterocycles. The van der Waals surface area contributed by atoms with Crippen molar-refractivity contribution in [1.29, 1.82) is 0 Å². The van der Waals surface area contributed by atoms with Gasteiger partial charge in [0.25, 0.3) is 0 Å². The molecular formula is C15H20ClNO. The molecular weight excluding hydrogens is 246 g/mol. The Balaban J connectivity index is 1.88. The van der Waals surface area contributed by atoms with Crippen LogP contribution in [0.5, 0.6) is 0 Å². The van der Waals surface area contributed by atoms with E-state index in [-0.39, 0.29) is 5.92 Å². The second kappa shape index (κ2) is 6.35. The van der Waals surface area contributed by atoms with Crippen molar-refractivity contribution in [2.45, 2.75) is 32.2 Å². The number of ketones is 1. The van der Waals surface area contributed by atoms with Crippen LogP contribution >= 0.6 is 11.6 Å². The fourth-order valence-electron chi connectivity index (χ4n) is 2.64. The second-order valence-corrected chi connectivity index (χ2v) is 5.67. The van der Waals surface area contributed by atoms with E-state index >= 15 is 0 Å². The molecule has 3 heteroatoms. The summed E-state index contributed by atoms with van der Waals surface area (Å²) in [5, 5.41) is 0.773. The van der Waals surface area contributed by atoms with Crippen LogP contribution in [0.3, 0.4) is 0 Å². The Bertz CT molecular complexity index is 419. The van der Waals surface area contributed by atoms with Gasteiger partial charge in [-0.1, -0.05) is 30.2 Å². The molecule has 1 aromatic rings. The minimum Gasteiger partial charge on any atom is -0.301 e. The van der Waals surface area contributed by atoms with Gasteiger partial charge in [-0.15, -0.1) is 0 Å². The number of halogens is 1. The second-order valence-electron chi connectivity index (χ2n) is 5.24. The summed E-state index contributed by atoms with van der Waals surface area (Å²) in [6.07, 6.45) is 4.10. The van der Waals surface area contributed by atoms with Gasteiger partial charge < -0.3 is 4.90 Å². The Morgan fingerprint density at radius 1 is 1.39 bits per heavy atom. The van der Waals surface area contributed by atoms with Gasteiger partial charge in [-0.25, -0.2) is 0 Å². The van der Waals surface area contributed by atoms with Gasteiger partial charge in [0.15, 0.2) is 0 Å². The third-order valence-electron chi connectivity index (χ3n) is 3.55. The fraction of sp³-hybridized carbons (Fsp3) is 0.533. The molecule has 2 nitrogen and oxygen atoms in total. The Morgan fingerprint density at radius 3 is 2.94 bits per heavy atom. The van der Waals surface area contributed by atoms with Crippen molar-refractivity contribution in [3.05, 3.63) is 34.9 Å². The standard InChI is InChI=1S/C15H20ClNO/c1-17(10-12-5-4-7-14(16)9-12)11-13-6-2-3-8-15(13)18/h4-5,7,9,13H,2-3,6,8,10-11H2,1H3. The zero-order chi connectivity index (χ0) is 13.0. The van der Waals surface area contributed by atoms with E-state index in [4.69, 9.17) is 11.6 Å². The van der Waals surface area contributed by atoms with E-state index in [9.17, 15) is 4.79 Å². The van der Waals surface area contributed by atoms with Crippen LogP contribution in [-0.4, -0.2) is 24.3 Å². The average Bonchev–Trinajstić information content (AvgIpc) is 2.32. The first-order valence-corrected chi connectivity index (χ1v) is 6.98. The highest BCUT2D eigenvalue weighted by molar-refractivity contribution is 6.30. The van der Waals surface area contributed by atoms with Gasteiger partial charge in [0, 0.05) is 30.5 Å². The van der Waals surface area contributed by atoms with Gasteiger partial charge in [0.05, 0.1) is 0 Å². The SMILES string of the molecule is CN(Cc1cccc(Cl)c1)CC1CCCCC1=O. The van der Waals surface area contributed by atoms with Gasteiger partial charge in [-0.05, 0) is 37.6 Å². The maximum Gasteiger partial charge on any atom is 0.137 e. The van der Waals surface area contributed by atoms with Gasteiger partial charge >= 0.3 is 0 Å². The third-order valence-corrected chi connectivity index (χ3v) is 3.79. The van der Waals surface area contributed by atoms with Crippen LogP contribution < -0.4 is 0 Å². The topological polar surface area (TPSA) is 20.3 Å². The maximum atomic E-state index is 11.8. The molecule has 1 aliphatic carbocycles. The summed E-state index contributed by atoms with van der Waals surface area (Å²) in [6.45, 7) is 1.72. The summed E-state index contributed by atoms with van der Waals surface area (Å²) in [4.78, 5) is 14.0. The summed E-state index contributed by atoms with van der Waals surface area (Å²) in [7, 11) is 2.07. The molecule has 0 radical (unpaired) electrons. The van der Waals surface area contributed by atoms with Crippen molar-refractivity contribution in [2.75, 3.05) is 13.6 Å². The Hall–Kier alpha value is -0.860. The van der Waals surface area contributed by atoms with Crippen molar-refractivity contribution in [1.82, 2.24) is 4.90 Å². The molecule has 1 atom stereocenters. The number of hydrogen-bond acceptors (Lipinski definition) is 2. The number of hydrogen-bond donors (Lipinski definition) is 0. The van der Waals surface area contributed by atoms with Gasteiger partial charge in [-0.2, -0.15) is 0 Å². The number of benzene rings is 1. The van der Waals surface area contributed by atoms with Crippen molar-refractivity contribution < 1.29 is 4.79 Å². The molecule has 0 bridgehead atoms. The molecule has 0 aromatic heterocycles. The molecule has 0 aliphatic heterocycles. The van der Waals surface area contributed by atoms with Crippen molar-refractivity contribution in [3.63, 3.8) is 0 Å². The summed E-state index contributed by atoms with van der Waals surface area (Å²) < 4.78 is 0. The van der Waals surface area contributed by atoms with Crippen molar-refractivity contribution in [2.24, 2.45) is 5.92 Å². The maximum absolute atomic E-state index is 11.8.